The number of aromatic nitrogens is 3. The third kappa shape index (κ3) is 6.31. The Labute approximate surface area is 221 Å². The maximum absolute atomic E-state index is 15.5. The number of ether oxygens (including phenoxy) is 2. The average molecular weight is 568 g/mol. The van der Waals surface area contributed by atoms with E-state index in [1.165, 1.54) is 13.0 Å². The maximum atomic E-state index is 15.5. The number of aliphatic hydroxyl groups is 1. The molecule has 1 fully saturated rings. The highest BCUT2D eigenvalue weighted by atomic mass is 31.2. The number of aliphatic hydroxyl groups excluding tert-OH is 1. The Bertz CT molecular complexity index is 1500. The Morgan fingerprint density at radius 1 is 1.28 bits per heavy atom. The van der Waals surface area contributed by atoms with Gasteiger partial charge in [-0.2, -0.15) is 5.09 Å². The normalized spacial score (nSPS) is 25.5. The van der Waals surface area contributed by atoms with Crippen LogP contribution in [0, 0.1) is 0 Å². The number of halogens is 1. The summed E-state index contributed by atoms with van der Waals surface area (Å²) in [5.74, 6) is -0.576. The molecule has 4 rings (SSSR count). The molecule has 0 aliphatic carbocycles. The SMILES string of the molecule is CC(C)OC(=O)C(C)NP(=O)(OCC1OC(n2ccc(=O)[nH]c2=O)C(C)(F)C1O)Oc1ccc2[nH]ccc2c1. The summed E-state index contributed by atoms with van der Waals surface area (Å²) in [6.07, 6.45) is -2.55. The monoisotopic (exact) mass is 568 g/mol. The smallest absolute Gasteiger partial charge is 0.459 e. The molecule has 2 aromatic heterocycles. The molecule has 1 aliphatic rings. The molecule has 39 heavy (non-hydrogen) atoms. The van der Waals surface area contributed by atoms with Crippen LogP contribution in [0.4, 0.5) is 4.39 Å². The third-order valence-electron chi connectivity index (χ3n) is 6.04. The summed E-state index contributed by atoms with van der Waals surface area (Å²) < 4.78 is 52.1. The number of carbonyl (C=O) groups excluding carboxylic acids is 1. The molecule has 3 heterocycles. The van der Waals surface area contributed by atoms with Gasteiger partial charge in [-0.3, -0.25) is 23.7 Å². The van der Waals surface area contributed by atoms with E-state index in [-0.39, 0.29) is 5.75 Å². The Morgan fingerprint density at radius 3 is 2.72 bits per heavy atom. The molecule has 1 aliphatic heterocycles. The molecule has 6 atom stereocenters. The van der Waals surface area contributed by atoms with Crippen LogP contribution in [-0.4, -0.2) is 62.2 Å². The van der Waals surface area contributed by atoms with Gasteiger partial charge in [0.15, 0.2) is 11.9 Å². The minimum Gasteiger partial charge on any atom is -0.462 e. The lowest BCUT2D eigenvalue weighted by atomic mass is 9.98. The lowest BCUT2D eigenvalue weighted by Crippen LogP contribution is -2.43. The number of alkyl halides is 1. The minimum absolute atomic E-state index is 0.142. The predicted octanol–water partition coefficient (Wildman–Crippen LogP) is 2.14. The average Bonchev–Trinajstić information content (AvgIpc) is 3.39. The predicted molar refractivity (Wildman–Crippen MR) is 137 cm³/mol. The van der Waals surface area contributed by atoms with Crippen LogP contribution < -0.4 is 20.9 Å². The highest BCUT2D eigenvalue weighted by molar-refractivity contribution is 7.52. The van der Waals surface area contributed by atoms with Gasteiger partial charge in [0, 0.05) is 29.4 Å². The molecule has 3 aromatic rings. The van der Waals surface area contributed by atoms with Gasteiger partial charge >= 0.3 is 19.4 Å². The number of rotatable bonds is 10. The Kier molecular flexibility index (Phi) is 8.14. The number of esters is 1. The molecule has 13 nitrogen and oxygen atoms in total. The molecule has 0 radical (unpaired) electrons. The van der Waals surface area contributed by atoms with E-state index in [2.05, 4.69) is 10.1 Å². The summed E-state index contributed by atoms with van der Waals surface area (Å²) in [6, 6.07) is 6.46. The topological polar surface area (TPSA) is 174 Å². The lowest BCUT2D eigenvalue weighted by molar-refractivity contribution is -0.149. The van der Waals surface area contributed by atoms with E-state index in [4.69, 9.17) is 18.5 Å². The van der Waals surface area contributed by atoms with E-state index >= 15 is 4.39 Å². The maximum Gasteiger partial charge on any atom is 0.459 e. The number of aromatic amines is 2. The number of fused-ring (bicyclic) bond motifs is 1. The zero-order valence-corrected chi connectivity index (χ0v) is 22.5. The zero-order chi connectivity index (χ0) is 28.5. The standard InChI is InChI=1S/C24H30FN4O9P/c1-13(2)36-21(32)14(3)28-39(34,38-16-5-6-17-15(11-16)7-9-26-17)35-12-18-20(31)24(4,25)22(37-18)29-10-8-19(30)27-23(29)33/h5-11,13-14,18,20,22,26,31H,12H2,1-4H3,(H,28,34)(H,27,30,33). The minimum atomic E-state index is -4.37. The van der Waals surface area contributed by atoms with Crippen LogP contribution in [0.15, 0.2) is 52.3 Å². The van der Waals surface area contributed by atoms with Gasteiger partial charge in [-0.05, 0) is 52.0 Å². The quantitative estimate of drug-likeness (QED) is 0.210. The van der Waals surface area contributed by atoms with Gasteiger partial charge in [0.1, 0.15) is 24.0 Å². The van der Waals surface area contributed by atoms with E-state index in [0.717, 1.165) is 34.7 Å². The van der Waals surface area contributed by atoms with Crippen molar-refractivity contribution in [1.29, 1.82) is 0 Å². The van der Waals surface area contributed by atoms with Crippen molar-refractivity contribution in [2.75, 3.05) is 6.61 Å². The van der Waals surface area contributed by atoms with Crippen molar-refractivity contribution in [2.24, 2.45) is 0 Å². The van der Waals surface area contributed by atoms with Crippen molar-refractivity contribution >= 4 is 24.6 Å². The molecule has 0 bridgehead atoms. The summed E-state index contributed by atoms with van der Waals surface area (Å²) in [4.78, 5) is 41.0. The number of hydrogen-bond donors (Lipinski definition) is 4. The number of nitrogens with one attached hydrogen (secondary N) is 3. The van der Waals surface area contributed by atoms with Gasteiger partial charge < -0.3 is 24.1 Å². The molecule has 0 amide bonds. The van der Waals surface area contributed by atoms with E-state index in [1.807, 2.05) is 4.98 Å². The van der Waals surface area contributed by atoms with Crippen LogP contribution in [0.2, 0.25) is 0 Å². The highest BCUT2D eigenvalue weighted by Gasteiger charge is 2.56. The van der Waals surface area contributed by atoms with Crippen LogP contribution in [-0.2, 0) is 23.4 Å². The Balaban J connectivity index is 1.56. The zero-order valence-electron chi connectivity index (χ0n) is 21.6. The molecule has 212 valence electrons. The van der Waals surface area contributed by atoms with Gasteiger partial charge in [-0.25, -0.2) is 13.8 Å². The molecule has 6 unspecified atom stereocenters. The summed E-state index contributed by atoms with van der Waals surface area (Å²) in [5.41, 5.74) is -3.34. The van der Waals surface area contributed by atoms with Crippen molar-refractivity contribution in [3.05, 3.63) is 63.6 Å². The first-order valence-electron chi connectivity index (χ1n) is 12.1. The van der Waals surface area contributed by atoms with E-state index in [9.17, 15) is 24.1 Å². The summed E-state index contributed by atoms with van der Waals surface area (Å²) in [6.45, 7) is 5.07. The number of carbonyl (C=O) groups is 1. The van der Waals surface area contributed by atoms with E-state index in [1.54, 1.807) is 38.2 Å². The first-order chi connectivity index (χ1) is 18.3. The summed E-state index contributed by atoms with van der Waals surface area (Å²) >= 11 is 0. The number of benzene rings is 1. The Hall–Kier alpha value is -3.29. The fourth-order valence-corrected chi connectivity index (χ4v) is 5.57. The highest BCUT2D eigenvalue weighted by Crippen LogP contribution is 2.47. The molecular weight excluding hydrogens is 538 g/mol. The first-order valence-corrected chi connectivity index (χ1v) is 13.7. The fraction of sp³-hybridized carbons (Fsp3) is 0.458. The van der Waals surface area contributed by atoms with Gasteiger partial charge in [0.2, 0.25) is 0 Å². The fourth-order valence-electron chi connectivity index (χ4n) is 4.08. The second-order valence-corrected chi connectivity index (χ2v) is 11.3. The molecule has 15 heteroatoms. The Morgan fingerprint density at radius 2 is 2.03 bits per heavy atom. The first kappa shape index (κ1) is 28.7. The van der Waals surface area contributed by atoms with Gasteiger partial charge in [-0.1, -0.05) is 0 Å². The van der Waals surface area contributed by atoms with Gasteiger partial charge in [0.25, 0.3) is 5.56 Å². The van der Waals surface area contributed by atoms with Crippen LogP contribution in [0.1, 0.15) is 33.9 Å². The van der Waals surface area contributed by atoms with Gasteiger partial charge in [0.05, 0.1) is 12.7 Å². The van der Waals surface area contributed by atoms with Crippen molar-refractivity contribution in [2.45, 2.75) is 63.9 Å². The molecule has 4 N–H and O–H groups in total. The van der Waals surface area contributed by atoms with E-state index in [0.29, 0.717) is 0 Å². The number of nitrogens with zero attached hydrogens (tertiary/aromatic N) is 1. The van der Waals surface area contributed by atoms with Crippen LogP contribution in [0.5, 0.6) is 5.75 Å². The molecular formula is C24H30FN4O9P. The largest absolute Gasteiger partial charge is 0.462 e. The van der Waals surface area contributed by atoms with E-state index < -0.39 is 67.8 Å². The van der Waals surface area contributed by atoms with Gasteiger partial charge in [-0.15, -0.1) is 0 Å². The van der Waals surface area contributed by atoms with Crippen molar-refractivity contribution in [1.82, 2.24) is 19.6 Å². The molecule has 0 spiro atoms. The van der Waals surface area contributed by atoms with Crippen molar-refractivity contribution < 1.29 is 37.4 Å². The second kappa shape index (κ2) is 11.1. The molecule has 1 saturated heterocycles. The summed E-state index contributed by atoms with van der Waals surface area (Å²) in [7, 11) is -4.37. The number of hydrogen-bond acceptors (Lipinski definition) is 9. The number of H-pyrrole nitrogens is 2. The molecule has 1 aromatic carbocycles. The molecule has 0 saturated carbocycles. The second-order valence-electron chi connectivity index (χ2n) is 9.59. The van der Waals surface area contributed by atoms with Crippen molar-refractivity contribution in [3.63, 3.8) is 0 Å². The van der Waals surface area contributed by atoms with Crippen LogP contribution >= 0.6 is 7.75 Å². The van der Waals surface area contributed by atoms with Crippen LogP contribution in [0.3, 0.4) is 0 Å². The summed E-state index contributed by atoms with van der Waals surface area (Å²) in [5, 5.41) is 13.9. The third-order valence-corrected chi connectivity index (χ3v) is 7.68. The lowest BCUT2D eigenvalue weighted by Gasteiger charge is -2.25. The van der Waals surface area contributed by atoms with Crippen molar-refractivity contribution in [3.8, 4) is 5.75 Å². The van der Waals surface area contributed by atoms with Crippen LogP contribution in [0.25, 0.3) is 10.9 Å².